The summed E-state index contributed by atoms with van der Waals surface area (Å²) in [6.45, 7) is 0. The van der Waals surface area contributed by atoms with Crippen molar-refractivity contribution in [2.24, 2.45) is 0 Å². The Morgan fingerprint density at radius 3 is 0.889 bits per heavy atom. The highest BCUT2D eigenvalue weighted by molar-refractivity contribution is 6.30. The molecule has 2 aromatic rings. The quantitative estimate of drug-likeness (QED) is 0.584. The molecule has 2 aromatic carbocycles. The predicted molar refractivity (Wildman–Crippen MR) is 62.7 cm³/mol. The first-order valence-electron chi connectivity index (χ1n) is 4.60. The summed E-state index contributed by atoms with van der Waals surface area (Å²) >= 11 is 10.5. The summed E-state index contributed by atoms with van der Waals surface area (Å²) < 4.78 is 48.4. The highest BCUT2D eigenvalue weighted by Crippen LogP contribution is 2.12. The molecule has 0 aliphatic heterocycles. The molecule has 0 aliphatic rings. The van der Waals surface area contributed by atoms with Crippen molar-refractivity contribution in [3.05, 3.63) is 69.7 Å². The van der Waals surface area contributed by atoms with Crippen molar-refractivity contribution in [3.63, 3.8) is 0 Å². The van der Waals surface area contributed by atoms with Crippen molar-refractivity contribution >= 4 is 23.2 Å². The lowest BCUT2D eigenvalue weighted by Crippen LogP contribution is -1.76. The SMILES string of the molecule is Fc1cc(F)cc(Cl)c1.Fc1cc(F)cc(Cl)c1. The van der Waals surface area contributed by atoms with Gasteiger partial charge in [0.2, 0.25) is 0 Å². The molecule has 0 radical (unpaired) electrons. The van der Waals surface area contributed by atoms with Gasteiger partial charge in [-0.2, -0.15) is 0 Å². The maximum atomic E-state index is 12.1. The van der Waals surface area contributed by atoms with Gasteiger partial charge in [-0.25, -0.2) is 17.6 Å². The van der Waals surface area contributed by atoms with E-state index in [0.717, 1.165) is 36.4 Å². The van der Waals surface area contributed by atoms with Gasteiger partial charge in [0, 0.05) is 22.2 Å². The number of halogens is 6. The number of rotatable bonds is 0. The third-order valence-corrected chi connectivity index (χ3v) is 2.09. The molecule has 6 heteroatoms. The zero-order valence-corrected chi connectivity index (χ0v) is 10.2. The molecule has 96 valence electrons. The molecular formula is C12H6Cl2F4. The number of hydrogen-bond donors (Lipinski definition) is 0. The molecular weight excluding hydrogens is 291 g/mol. The van der Waals surface area contributed by atoms with E-state index in [1.54, 1.807) is 0 Å². The van der Waals surface area contributed by atoms with E-state index < -0.39 is 23.3 Å². The molecule has 0 saturated heterocycles. The first kappa shape index (κ1) is 14.8. The second kappa shape index (κ2) is 6.61. The first-order chi connectivity index (χ1) is 8.36. The molecule has 0 saturated carbocycles. The second-order valence-electron chi connectivity index (χ2n) is 3.18. The van der Waals surface area contributed by atoms with Crippen molar-refractivity contribution in [1.82, 2.24) is 0 Å². The molecule has 0 N–H and O–H groups in total. The van der Waals surface area contributed by atoms with Crippen LogP contribution in [0, 0.1) is 23.3 Å². The van der Waals surface area contributed by atoms with Gasteiger partial charge in [-0.3, -0.25) is 0 Å². The summed E-state index contributed by atoms with van der Waals surface area (Å²) in [6, 6.07) is 5.72. The van der Waals surface area contributed by atoms with Gasteiger partial charge in [0.25, 0.3) is 0 Å². The van der Waals surface area contributed by atoms with Gasteiger partial charge in [-0.05, 0) is 24.3 Å². The van der Waals surface area contributed by atoms with Crippen molar-refractivity contribution in [2.45, 2.75) is 0 Å². The van der Waals surface area contributed by atoms with Crippen molar-refractivity contribution in [1.29, 1.82) is 0 Å². The Hall–Kier alpha value is -1.26. The molecule has 0 bridgehead atoms. The predicted octanol–water partition coefficient (Wildman–Crippen LogP) is 5.24. The summed E-state index contributed by atoms with van der Waals surface area (Å²) in [5.41, 5.74) is 0. The van der Waals surface area contributed by atoms with Crippen LogP contribution in [0.4, 0.5) is 17.6 Å². The van der Waals surface area contributed by atoms with E-state index in [0.29, 0.717) is 0 Å². The smallest absolute Gasteiger partial charge is 0.127 e. The fourth-order valence-electron chi connectivity index (χ4n) is 1.04. The molecule has 0 atom stereocenters. The Balaban J connectivity index is 0.000000180. The lowest BCUT2D eigenvalue weighted by atomic mass is 10.3. The first-order valence-corrected chi connectivity index (χ1v) is 5.35. The number of hydrogen-bond acceptors (Lipinski definition) is 0. The Bertz CT molecular complexity index is 393. The maximum Gasteiger partial charge on any atom is 0.127 e. The van der Waals surface area contributed by atoms with Crippen LogP contribution in [0.25, 0.3) is 0 Å². The van der Waals surface area contributed by atoms with E-state index in [2.05, 4.69) is 0 Å². The van der Waals surface area contributed by atoms with Crippen molar-refractivity contribution < 1.29 is 17.6 Å². The lowest BCUT2D eigenvalue weighted by Gasteiger charge is -1.89. The highest BCUT2D eigenvalue weighted by Gasteiger charge is 1.96. The van der Waals surface area contributed by atoms with Crippen LogP contribution in [0.5, 0.6) is 0 Å². The van der Waals surface area contributed by atoms with Crippen LogP contribution in [0.15, 0.2) is 36.4 Å². The molecule has 0 amide bonds. The van der Waals surface area contributed by atoms with Crippen LogP contribution in [0.2, 0.25) is 10.0 Å². The summed E-state index contributed by atoms with van der Waals surface area (Å²) in [5, 5.41) is 0.153. The van der Waals surface area contributed by atoms with Crippen LogP contribution in [-0.4, -0.2) is 0 Å². The monoisotopic (exact) mass is 296 g/mol. The Labute approximate surface area is 111 Å². The van der Waals surface area contributed by atoms with Crippen LogP contribution < -0.4 is 0 Å². The normalized spacial score (nSPS) is 9.67. The van der Waals surface area contributed by atoms with Crippen LogP contribution in [0.1, 0.15) is 0 Å². The third-order valence-electron chi connectivity index (χ3n) is 1.65. The molecule has 0 unspecified atom stereocenters. The summed E-state index contributed by atoms with van der Waals surface area (Å²) in [6.07, 6.45) is 0. The van der Waals surface area contributed by atoms with E-state index in [9.17, 15) is 17.6 Å². The molecule has 0 aliphatic carbocycles. The van der Waals surface area contributed by atoms with Gasteiger partial charge >= 0.3 is 0 Å². The summed E-state index contributed by atoms with van der Waals surface area (Å²) in [4.78, 5) is 0. The Morgan fingerprint density at radius 1 is 0.500 bits per heavy atom. The fourth-order valence-corrected chi connectivity index (χ4v) is 1.46. The molecule has 0 aromatic heterocycles. The van der Waals surface area contributed by atoms with E-state index in [1.165, 1.54) is 0 Å². The van der Waals surface area contributed by atoms with Gasteiger partial charge < -0.3 is 0 Å². The maximum absolute atomic E-state index is 12.1. The van der Waals surface area contributed by atoms with Gasteiger partial charge in [-0.15, -0.1) is 0 Å². The standard InChI is InChI=1S/2C6H3ClF2/c2*7-4-1-5(8)3-6(9)2-4/h2*1-3H. The highest BCUT2D eigenvalue weighted by atomic mass is 35.5. The second-order valence-corrected chi connectivity index (χ2v) is 4.05. The van der Waals surface area contributed by atoms with Gasteiger partial charge in [0.15, 0.2) is 0 Å². The topological polar surface area (TPSA) is 0 Å². The van der Waals surface area contributed by atoms with Crippen molar-refractivity contribution in [2.75, 3.05) is 0 Å². The van der Waals surface area contributed by atoms with Crippen LogP contribution in [-0.2, 0) is 0 Å². The fraction of sp³-hybridized carbons (Fsp3) is 0. The summed E-state index contributed by atoms with van der Waals surface area (Å²) in [5.74, 6) is -2.61. The molecule has 0 nitrogen and oxygen atoms in total. The van der Waals surface area contributed by atoms with E-state index in [4.69, 9.17) is 23.2 Å². The summed E-state index contributed by atoms with van der Waals surface area (Å²) in [7, 11) is 0. The Morgan fingerprint density at radius 2 is 0.722 bits per heavy atom. The molecule has 0 fully saturated rings. The van der Waals surface area contributed by atoms with Gasteiger partial charge in [0.1, 0.15) is 23.3 Å². The molecule has 0 spiro atoms. The average Bonchev–Trinajstić information content (AvgIpc) is 2.12. The van der Waals surface area contributed by atoms with E-state index >= 15 is 0 Å². The van der Waals surface area contributed by atoms with Crippen LogP contribution in [0.3, 0.4) is 0 Å². The molecule has 18 heavy (non-hydrogen) atoms. The largest absolute Gasteiger partial charge is 0.207 e. The molecule has 2 rings (SSSR count). The Kier molecular flexibility index (Phi) is 5.44. The van der Waals surface area contributed by atoms with E-state index in [1.807, 2.05) is 0 Å². The van der Waals surface area contributed by atoms with Gasteiger partial charge in [-0.1, -0.05) is 23.2 Å². The van der Waals surface area contributed by atoms with E-state index in [-0.39, 0.29) is 10.0 Å². The minimum atomic E-state index is -0.653. The lowest BCUT2D eigenvalue weighted by molar-refractivity contribution is 0.582. The minimum absolute atomic E-state index is 0.0764. The zero-order valence-electron chi connectivity index (χ0n) is 8.73. The molecule has 0 heterocycles. The minimum Gasteiger partial charge on any atom is -0.207 e. The van der Waals surface area contributed by atoms with Crippen molar-refractivity contribution in [3.8, 4) is 0 Å². The number of benzene rings is 2. The average molecular weight is 297 g/mol. The van der Waals surface area contributed by atoms with Gasteiger partial charge in [0.05, 0.1) is 0 Å². The third kappa shape index (κ3) is 5.38. The van der Waals surface area contributed by atoms with Crippen LogP contribution >= 0.6 is 23.2 Å². The zero-order chi connectivity index (χ0) is 13.7.